The van der Waals surface area contributed by atoms with Crippen LogP contribution < -0.4 is 5.32 Å². The molecule has 2 heterocycles. The SMILES string of the molecule is C[C@@H]1Cc2c([nH]c3ccccc23)[C@@](C)(c2ccc(I)cc2)N1. The predicted molar refractivity (Wildman–Crippen MR) is 100 cm³/mol. The van der Waals surface area contributed by atoms with Crippen LogP contribution >= 0.6 is 22.6 Å². The molecule has 0 aliphatic carbocycles. The molecule has 2 N–H and O–H groups in total. The maximum Gasteiger partial charge on any atom is 0.0818 e. The summed E-state index contributed by atoms with van der Waals surface area (Å²) in [6.07, 6.45) is 1.07. The number of halogens is 1. The Hall–Kier alpha value is -1.33. The van der Waals surface area contributed by atoms with Crippen LogP contribution in [0.4, 0.5) is 0 Å². The molecule has 0 unspecified atom stereocenters. The number of fused-ring (bicyclic) bond motifs is 3. The number of aromatic nitrogens is 1. The molecule has 0 radical (unpaired) electrons. The van der Waals surface area contributed by atoms with Crippen LogP contribution in [0.15, 0.2) is 48.5 Å². The number of aromatic amines is 1. The van der Waals surface area contributed by atoms with Crippen LogP contribution in [-0.2, 0) is 12.0 Å². The summed E-state index contributed by atoms with van der Waals surface area (Å²) in [6, 6.07) is 17.9. The van der Waals surface area contributed by atoms with E-state index in [1.165, 1.54) is 31.3 Å². The summed E-state index contributed by atoms with van der Waals surface area (Å²) < 4.78 is 1.27. The first-order valence-electron chi connectivity index (χ1n) is 7.72. The van der Waals surface area contributed by atoms with E-state index in [9.17, 15) is 0 Å². The molecule has 0 bridgehead atoms. The molecule has 0 fully saturated rings. The van der Waals surface area contributed by atoms with E-state index in [1.807, 2.05) is 0 Å². The van der Waals surface area contributed by atoms with Gasteiger partial charge in [0.2, 0.25) is 0 Å². The lowest BCUT2D eigenvalue weighted by Gasteiger charge is -2.39. The summed E-state index contributed by atoms with van der Waals surface area (Å²) in [7, 11) is 0. The number of H-pyrrole nitrogens is 1. The third-order valence-electron chi connectivity index (χ3n) is 4.78. The summed E-state index contributed by atoms with van der Waals surface area (Å²) in [5.41, 5.74) is 5.15. The lowest BCUT2D eigenvalue weighted by atomic mass is 9.80. The van der Waals surface area contributed by atoms with Crippen LogP contribution in [0.25, 0.3) is 10.9 Å². The molecule has 2 nitrogen and oxygen atoms in total. The zero-order valence-electron chi connectivity index (χ0n) is 12.8. The first kappa shape index (κ1) is 14.3. The highest BCUT2D eigenvalue weighted by Gasteiger charge is 2.38. The summed E-state index contributed by atoms with van der Waals surface area (Å²) in [5.74, 6) is 0. The van der Waals surface area contributed by atoms with E-state index < -0.39 is 0 Å². The number of rotatable bonds is 1. The molecular weight excluding hydrogens is 383 g/mol. The fraction of sp³-hybridized carbons (Fsp3) is 0.263. The van der Waals surface area contributed by atoms with Crippen molar-refractivity contribution >= 4 is 33.5 Å². The minimum atomic E-state index is -0.170. The Labute approximate surface area is 144 Å². The lowest BCUT2D eigenvalue weighted by molar-refractivity contribution is 0.346. The molecule has 1 aliphatic heterocycles. The van der Waals surface area contributed by atoms with Crippen molar-refractivity contribution < 1.29 is 0 Å². The molecular formula is C19H19IN2. The van der Waals surface area contributed by atoms with Gasteiger partial charge in [-0.25, -0.2) is 0 Å². The van der Waals surface area contributed by atoms with Gasteiger partial charge in [-0.15, -0.1) is 0 Å². The number of hydrogen-bond acceptors (Lipinski definition) is 1. The monoisotopic (exact) mass is 402 g/mol. The second-order valence-electron chi connectivity index (χ2n) is 6.41. The molecule has 1 aliphatic rings. The van der Waals surface area contributed by atoms with E-state index in [4.69, 9.17) is 0 Å². The standard InChI is InChI=1S/C19H19IN2/c1-12-11-16-15-5-3-4-6-17(15)21-18(16)19(2,22-12)13-7-9-14(20)10-8-13/h3-10,12,21-22H,11H2,1-2H3/t12-,19-/m1/s1. The van der Waals surface area contributed by atoms with Crippen LogP contribution in [0, 0.1) is 3.57 Å². The van der Waals surface area contributed by atoms with Crippen LogP contribution in [0.1, 0.15) is 30.7 Å². The first-order valence-corrected chi connectivity index (χ1v) is 8.79. The number of para-hydroxylation sites is 1. The van der Waals surface area contributed by atoms with E-state index in [0.29, 0.717) is 6.04 Å². The van der Waals surface area contributed by atoms with Gasteiger partial charge >= 0.3 is 0 Å². The molecule has 4 rings (SSSR count). The van der Waals surface area contributed by atoms with E-state index in [1.54, 1.807) is 0 Å². The summed E-state index contributed by atoms with van der Waals surface area (Å²) in [6.45, 7) is 4.56. The van der Waals surface area contributed by atoms with Gasteiger partial charge in [0.1, 0.15) is 0 Å². The van der Waals surface area contributed by atoms with Gasteiger partial charge in [-0.3, -0.25) is 5.32 Å². The van der Waals surface area contributed by atoms with Gasteiger partial charge in [0, 0.05) is 26.2 Å². The fourth-order valence-corrected chi connectivity index (χ4v) is 4.13. The summed E-state index contributed by atoms with van der Waals surface area (Å²) in [4.78, 5) is 3.68. The first-order chi connectivity index (χ1) is 10.6. The molecule has 3 heteroatoms. The zero-order chi connectivity index (χ0) is 15.3. The van der Waals surface area contributed by atoms with Crippen LogP contribution in [-0.4, -0.2) is 11.0 Å². The maximum absolute atomic E-state index is 3.81. The van der Waals surface area contributed by atoms with Crippen LogP contribution in [0.5, 0.6) is 0 Å². The molecule has 2 atom stereocenters. The van der Waals surface area contributed by atoms with E-state index >= 15 is 0 Å². The Bertz CT molecular complexity index is 834. The van der Waals surface area contributed by atoms with E-state index in [-0.39, 0.29) is 5.54 Å². The largest absolute Gasteiger partial charge is 0.356 e. The second-order valence-corrected chi connectivity index (χ2v) is 7.65. The molecule has 0 amide bonds. The molecule has 22 heavy (non-hydrogen) atoms. The maximum atomic E-state index is 3.81. The highest BCUT2D eigenvalue weighted by Crippen LogP contribution is 2.39. The minimum Gasteiger partial charge on any atom is -0.356 e. The Morgan fingerprint density at radius 1 is 1.09 bits per heavy atom. The van der Waals surface area contributed by atoms with Crippen molar-refractivity contribution in [1.29, 1.82) is 0 Å². The number of nitrogens with one attached hydrogen (secondary N) is 2. The van der Waals surface area contributed by atoms with Gasteiger partial charge in [-0.2, -0.15) is 0 Å². The highest BCUT2D eigenvalue weighted by molar-refractivity contribution is 14.1. The molecule has 0 saturated carbocycles. The Balaban J connectivity index is 1.97. The van der Waals surface area contributed by atoms with Crippen molar-refractivity contribution in [3.05, 3.63) is 68.9 Å². The molecule has 0 spiro atoms. The minimum absolute atomic E-state index is 0.170. The van der Waals surface area contributed by atoms with Crippen molar-refractivity contribution in [3.63, 3.8) is 0 Å². The highest BCUT2D eigenvalue weighted by atomic mass is 127. The second kappa shape index (κ2) is 5.10. The summed E-state index contributed by atoms with van der Waals surface area (Å²) in [5, 5.41) is 5.18. The van der Waals surface area contributed by atoms with Crippen molar-refractivity contribution in [3.8, 4) is 0 Å². The molecule has 2 aromatic carbocycles. The smallest absolute Gasteiger partial charge is 0.0818 e. The van der Waals surface area contributed by atoms with Crippen molar-refractivity contribution in [2.75, 3.05) is 0 Å². The van der Waals surface area contributed by atoms with Crippen molar-refractivity contribution in [2.24, 2.45) is 0 Å². The van der Waals surface area contributed by atoms with Gasteiger partial charge in [0.05, 0.1) is 5.54 Å². The molecule has 112 valence electrons. The number of benzene rings is 2. The van der Waals surface area contributed by atoms with Crippen LogP contribution in [0.2, 0.25) is 0 Å². The van der Waals surface area contributed by atoms with Crippen LogP contribution in [0.3, 0.4) is 0 Å². The van der Waals surface area contributed by atoms with E-state index in [2.05, 4.69) is 95.3 Å². The zero-order valence-corrected chi connectivity index (χ0v) is 14.9. The van der Waals surface area contributed by atoms with Crippen molar-refractivity contribution in [1.82, 2.24) is 10.3 Å². The van der Waals surface area contributed by atoms with Gasteiger partial charge in [0.25, 0.3) is 0 Å². The van der Waals surface area contributed by atoms with Gasteiger partial charge in [-0.1, -0.05) is 30.3 Å². The number of hydrogen-bond donors (Lipinski definition) is 2. The average Bonchev–Trinajstić information content (AvgIpc) is 2.87. The normalized spacial score (nSPS) is 24.4. The predicted octanol–water partition coefficient (Wildman–Crippen LogP) is 4.57. The quantitative estimate of drug-likeness (QED) is 0.574. The topological polar surface area (TPSA) is 27.8 Å². The van der Waals surface area contributed by atoms with E-state index in [0.717, 1.165) is 6.42 Å². The van der Waals surface area contributed by atoms with Crippen molar-refractivity contribution in [2.45, 2.75) is 31.8 Å². The molecule has 3 aromatic rings. The summed E-state index contributed by atoms with van der Waals surface area (Å²) >= 11 is 2.36. The Morgan fingerprint density at radius 3 is 2.59 bits per heavy atom. The third-order valence-corrected chi connectivity index (χ3v) is 5.50. The Morgan fingerprint density at radius 2 is 1.82 bits per heavy atom. The van der Waals surface area contributed by atoms with Gasteiger partial charge in [0.15, 0.2) is 0 Å². The fourth-order valence-electron chi connectivity index (χ4n) is 3.77. The average molecular weight is 402 g/mol. The van der Waals surface area contributed by atoms with Gasteiger partial charge in [-0.05, 0) is 72.2 Å². The van der Waals surface area contributed by atoms with Gasteiger partial charge < -0.3 is 4.98 Å². The molecule has 0 saturated heterocycles. The Kier molecular flexibility index (Phi) is 3.31. The molecule has 1 aromatic heterocycles. The third kappa shape index (κ3) is 2.10. The lowest BCUT2D eigenvalue weighted by Crippen LogP contribution is -2.50.